The van der Waals surface area contributed by atoms with Crippen LogP contribution in [0.5, 0.6) is 11.5 Å². The van der Waals surface area contributed by atoms with E-state index >= 15 is 0 Å². The molecule has 0 unspecified atom stereocenters. The summed E-state index contributed by atoms with van der Waals surface area (Å²) >= 11 is 0. The maximum absolute atomic E-state index is 12.7. The maximum Gasteiger partial charge on any atom is 0.254 e. The van der Waals surface area contributed by atoms with Crippen molar-refractivity contribution in [2.45, 2.75) is 25.8 Å². The van der Waals surface area contributed by atoms with Crippen molar-refractivity contribution in [1.29, 1.82) is 0 Å². The van der Waals surface area contributed by atoms with Gasteiger partial charge in [0.05, 0.1) is 14.2 Å². The quantitative estimate of drug-likeness (QED) is 0.921. The molecule has 124 valence electrons. The van der Waals surface area contributed by atoms with Gasteiger partial charge in [-0.15, -0.1) is 12.4 Å². The van der Waals surface area contributed by atoms with Crippen molar-refractivity contribution in [3.63, 3.8) is 0 Å². The molecule has 1 aliphatic rings. The van der Waals surface area contributed by atoms with Gasteiger partial charge in [0.2, 0.25) is 0 Å². The highest BCUT2D eigenvalue weighted by Crippen LogP contribution is 2.31. The fourth-order valence-electron chi connectivity index (χ4n) is 2.75. The Morgan fingerprint density at radius 3 is 2.23 bits per heavy atom. The number of aryl methyl sites for hydroxylation is 1. The SMILES string of the molecule is CNC1CCN(C(=O)c2cc(OC)c(OC)cc2C)CC1.Cl. The van der Waals surface area contributed by atoms with E-state index in [1.807, 2.05) is 24.9 Å². The van der Waals surface area contributed by atoms with Gasteiger partial charge < -0.3 is 19.7 Å². The second-order valence-electron chi connectivity index (χ2n) is 5.38. The van der Waals surface area contributed by atoms with E-state index < -0.39 is 0 Å². The summed E-state index contributed by atoms with van der Waals surface area (Å²) in [5, 5.41) is 3.27. The highest BCUT2D eigenvalue weighted by Gasteiger charge is 2.24. The number of hydrogen-bond donors (Lipinski definition) is 1. The van der Waals surface area contributed by atoms with Gasteiger partial charge in [-0.2, -0.15) is 0 Å². The van der Waals surface area contributed by atoms with Crippen LogP contribution in [-0.2, 0) is 0 Å². The van der Waals surface area contributed by atoms with Crippen LogP contribution in [0.1, 0.15) is 28.8 Å². The van der Waals surface area contributed by atoms with E-state index in [0.29, 0.717) is 23.1 Å². The minimum atomic E-state index is 0. The molecule has 1 amide bonds. The largest absolute Gasteiger partial charge is 0.493 e. The van der Waals surface area contributed by atoms with Crippen LogP contribution in [0.15, 0.2) is 12.1 Å². The number of nitrogens with zero attached hydrogens (tertiary/aromatic N) is 1. The Balaban J connectivity index is 0.00000242. The molecule has 1 N–H and O–H groups in total. The molecule has 0 bridgehead atoms. The van der Waals surface area contributed by atoms with Crippen molar-refractivity contribution >= 4 is 18.3 Å². The minimum Gasteiger partial charge on any atom is -0.493 e. The molecule has 22 heavy (non-hydrogen) atoms. The third kappa shape index (κ3) is 3.84. The number of nitrogens with one attached hydrogen (secondary N) is 1. The zero-order chi connectivity index (χ0) is 15.4. The van der Waals surface area contributed by atoms with Crippen molar-refractivity contribution in [3.8, 4) is 11.5 Å². The Labute approximate surface area is 138 Å². The molecular weight excluding hydrogens is 304 g/mol. The van der Waals surface area contributed by atoms with E-state index in [4.69, 9.17) is 9.47 Å². The fraction of sp³-hybridized carbons (Fsp3) is 0.562. The van der Waals surface area contributed by atoms with Gasteiger partial charge in [-0.25, -0.2) is 0 Å². The van der Waals surface area contributed by atoms with Crippen molar-refractivity contribution < 1.29 is 14.3 Å². The van der Waals surface area contributed by atoms with E-state index in [1.54, 1.807) is 20.3 Å². The molecule has 5 nitrogen and oxygen atoms in total. The molecule has 0 aliphatic carbocycles. The number of carbonyl (C=O) groups is 1. The monoisotopic (exact) mass is 328 g/mol. The second-order valence-corrected chi connectivity index (χ2v) is 5.38. The summed E-state index contributed by atoms with van der Waals surface area (Å²) in [4.78, 5) is 14.6. The molecule has 0 aromatic heterocycles. The normalized spacial score (nSPS) is 15.2. The lowest BCUT2D eigenvalue weighted by molar-refractivity contribution is 0.0706. The van der Waals surface area contributed by atoms with Gasteiger partial charge in [0.15, 0.2) is 11.5 Å². The Bertz CT molecular complexity index is 514. The number of ether oxygens (including phenoxy) is 2. The number of amides is 1. The number of methoxy groups -OCH3 is 2. The average molecular weight is 329 g/mol. The lowest BCUT2D eigenvalue weighted by atomic mass is 10.0. The lowest BCUT2D eigenvalue weighted by Crippen LogP contribution is -2.44. The molecular formula is C16H25ClN2O3. The molecule has 0 spiro atoms. The van der Waals surface area contributed by atoms with Gasteiger partial charge in [0, 0.05) is 24.7 Å². The lowest BCUT2D eigenvalue weighted by Gasteiger charge is -2.32. The van der Waals surface area contributed by atoms with Crippen LogP contribution in [0.2, 0.25) is 0 Å². The van der Waals surface area contributed by atoms with Crippen LogP contribution < -0.4 is 14.8 Å². The van der Waals surface area contributed by atoms with Crippen LogP contribution in [0.25, 0.3) is 0 Å². The molecule has 1 heterocycles. The topological polar surface area (TPSA) is 50.8 Å². The molecule has 1 aliphatic heterocycles. The van der Waals surface area contributed by atoms with E-state index in [-0.39, 0.29) is 18.3 Å². The Morgan fingerprint density at radius 2 is 1.73 bits per heavy atom. The predicted octanol–water partition coefficient (Wildman–Crippen LogP) is 2.26. The van der Waals surface area contributed by atoms with Gasteiger partial charge in [0.1, 0.15) is 0 Å². The summed E-state index contributed by atoms with van der Waals surface area (Å²) < 4.78 is 10.6. The van der Waals surface area contributed by atoms with Crippen molar-refractivity contribution in [3.05, 3.63) is 23.3 Å². The van der Waals surface area contributed by atoms with Gasteiger partial charge >= 0.3 is 0 Å². The third-order valence-electron chi connectivity index (χ3n) is 4.15. The number of rotatable bonds is 4. The Kier molecular flexibility index (Phi) is 6.97. The second kappa shape index (κ2) is 8.25. The summed E-state index contributed by atoms with van der Waals surface area (Å²) in [7, 11) is 5.15. The molecule has 1 aromatic rings. The zero-order valence-corrected chi connectivity index (χ0v) is 14.5. The van der Waals surface area contributed by atoms with Crippen LogP contribution in [-0.4, -0.2) is 51.2 Å². The number of piperidine rings is 1. The first-order valence-electron chi connectivity index (χ1n) is 7.29. The number of benzene rings is 1. The minimum absolute atomic E-state index is 0. The summed E-state index contributed by atoms with van der Waals surface area (Å²) in [6.45, 7) is 3.51. The molecule has 1 aromatic carbocycles. The van der Waals surface area contributed by atoms with Crippen LogP contribution in [0.3, 0.4) is 0 Å². The van der Waals surface area contributed by atoms with Crippen molar-refractivity contribution in [1.82, 2.24) is 10.2 Å². The summed E-state index contributed by atoms with van der Waals surface area (Å²) in [5.41, 5.74) is 1.60. The summed E-state index contributed by atoms with van der Waals surface area (Å²) in [6.07, 6.45) is 1.99. The number of likely N-dealkylation sites (tertiary alicyclic amines) is 1. The molecule has 0 atom stereocenters. The van der Waals surface area contributed by atoms with Gasteiger partial charge in [-0.3, -0.25) is 4.79 Å². The standard InChI is InChI=1S/C16H24N2O3.ClH/c1-11-9-14(20-3)15(21-4)10-13(11)16(19)18-7-5-12(17-2)6-8-18;/h9-10,12,17H,5-8H2,1-4H3;1H. The molecule has 6 heteroatoms. The molecule has 2 rings (SSSR count). The Morgan fingerprint density at radius 1 is 1.18 bits per heavy atom. The number of hydrogen-bond acceptors (Lipinski definition) is 4. The molecule has 1 fully saturated rings. The van der Waals surface area contributed by atoms with Gasteiger partial charge in [-0.1, -0.05) is 0 Å². The summed E-state index contributed by atoms with van der Waals surface area (Å²) in [5.74, 6) is 1.32. The van der Waals surface area contributed by atoms with Crippen molar-refractivity contribution in [2.24, 2.45) is 0 Å². The highest BCUT2D eigenvalue weighted by molar-refractivity contribution is 5.96. The summed E-state index contributed by atoms with van der Waals surface area (Å²) in [6, 6.07) is 4.15. The molecule has 1 saturated heterocycles. The van der Waals surface area contributed by atoms with Crippen molar-refractivity contribution in [2.75, 3.05) is 34.4 Å². The van der Waals surface area contributed by atoms with E-state index in [1.165, 1.54) is 0 Å². The first kappa shape index (κ1) is 18.6. The number of halogens is 1. The molecule has 0 radical (unpaired) electrons. The van der Waals surface area contributed by atoms with Gasteiger partial charge in [-0.05, 0) is 44.5 Å². The van der Waals surface area contributed by atoms with Gasteiger partial charge in [0.25, 0.3) is 5.91 Å². The average Bonchev–Trinajstić information content (AvgIpc) is 2.54. The molecule has 0 saturated carbocycles. The first-order valence-corrected chi connectivity index (χ1v) is 7.29. The number of carbonyl (C=O) groups excluding carboxylic acids is 1. The Hall–Kier alpha value is -1.46. The van der Waals surface area contributed by atoms with E-state index in [2.05, 4.69) is 5.32 Å². The maximum atomic E-state index is 12.7. The zero-order valence-electron chi connectivity index (χ0n) is 13.6. The van der Waals surface area contributed by atoms with E-state index in [9.17, 15) is 4.79 Å². The highest BCUT2D eigenvalue weighted by atomic mass is 35.5. The van der Waals surface area contributed by atoms with Crippen LogP contribution in [0.4, 0.5) is 0 Å². The first-order chi connectivity index (χ1) is 10.1. The van der Waals surface area contributed by atoms with Crippen LogP contribution >= 0.6 is 12.4 Å². The fourth-order valence-corrected chi connectivity index (χ4v) is 2.75. The van der Waals surface area contributed by atoms with Crippen LogP contribution in [0, 0.1) is 6.92 Å². The predicted molar refractivity (Wildman–Crippen MR) is 89.5 cm³/mol. The smallest absolute Gasteiger partial charge is 0.254 e. The third-order valence-corrected chi connectivity index (χ3v) is 4.15. The van der Waals surface area contributed by atoms with E-state index in [0.717, 1.165) is 31.5 Å².